The van der Waals surface area contributed by atoms with Crippen molar-refractivity contribution in [1.29, 1.82) is 0 Å². The van der Waals surface area contributed by atoms with Crippen LogP contribution in [0.2, 0.25) is 10.2 Å². The number of halogens is 3. The van der Waals surface area contributed by atoms with Gasteiger partial charge in [-0.1, -0.05) is 35.3 Å². The lowest BCUT2D eigenvalue weighted by Gasteiger charge is -2.13. The van der Waals surface area contributed by atoms with Crippen molar-refractivity contribution < 1.29 is 9.84 Å². The summed E-state index contributed by atoms with van der Waals surface area (Å²) in [6.45, 7) is 3.52. The number of phenolic OH excluding ortho intramolecular Hbond substituents is 1. The highest BCUT2D eigenvalue weighted by molar-refractivity contribution is 14.0. The molecule has 0 saturated heterocycles. The molecule has 2 aromatic rings. The number of aromatic hydroxyl groups is 1. The summed E-state index contributed by atoms with van der Waals surface area (Å²) in [7, 11) is 3.37. The van der Waals surface area contributed by atoms with Crippen LogP contribution in [0.4, 0.5) is 0 Å². The highest BCUT2D eigenvalue weighted by Crippen LogP contribution is 2.29. The molecule has 0 amide bonds. The molecule has 26 heavy (non-hydrogen) atoms. The lowest BCUT2D eigenvalue weighted by molar-refractivity contribution is 0.370. The Bertz CT molecular complexity index is 765. The van der Waals surface area contributed by atoms with Gasteiger partial charge in [0.05, 0.1) is 25.2 Å². The lowest BCUT2D eigenvalue weighted by atomic mass is 10.2. The van der Waals surface area contributed by atoms with E-state index in [1.165, 1.54) is 7.11 Å². The number of aromatic nitrogens is 1. The summed E-state index contributed by atoms with van der Waals surface area (Å²) in [5.74, 6) is 1.16. The number of rotatable bonds is 6. The van der Waals surface area contributed by atoms with Crippen LogP contribution in [0.15, 0.2) is 29.3 Å². The van der Waals surface area contributed by atoms with Gasteiger partial charge in [0, 0.05) is 24.8 Å². The van der Waals surface area contributed by atoms with E-state index in [0.29, 0.717) is 47.1 Å². The Morgan fingerprint density at radius 1 is 1.31 bits per heavy atom. The number of ether oxygens (including phenoxy) is 1. The minimum atomic E-state index is 0. The van der Waals surface area contributed by atoms with Crippen molar-refractivity contribution in [2.45, 2.75) is 20.0 Å². The molecule has 1 aromatic carbocycles. The Kier molecular flexibility index (Phi) is 9.38. The molecule has 9 heteroatoms. The molecule has 3 N–H and O–H groups in total. The van der Waals surface area contributed by atoms with E-state index in [2.05, 4.69) is 15.6 Å². The fraction of sp³-hybridized carbons (Fsp3) is 0.353. The fourth-order valence-corrected chi connectivity index (χ4v) is 2.71. The highest BCUT2D eigenvalue weighted by atomic mass is 127. The average molecular weight is 513 g/mol. The molecular formula is C17H23Cl2IN4O2. The number of para-hydroxylation sites is 1. The molecule has 1 heterocycles. The third kappa shape index (κ3) is 5.59. The molecule has 0 bridgehead atoms. The number of hydrogen-bond donors (Lipinski definition) is 3. The van der Waals surface area contributed by atoms with Crippen LogP contribution in [-0.2, 0) is 20.1 Å². The number of benzene rings is 1. The van der Waals surface area contributed by atoms with Crippen LogP contribution in [-0.4, -0.2) is 29.3 Å². The first-order valence-corrected chi connectivity index (χ1v) is 8.60. The van der Waals surface area contributed by atoms with Crippen molar-refractivity contribution >= 4 is 53.1 Å². The maximum absolute atomic E-state index is 10.1. The van der Waals surface area contributed by atoms with Gasteiger partial charge in [-0.25, -0.2) is 4.99 Å². The van der Waals surface area contributed by atoms with Crippen LogP contribution in [0.25, 0.3) is 0 Å². The summed E-state index contributed by atoms with van der Waals surface area (Å²) < 4.78 is 6.93. The third-order valence-corrected chi connectivity index (χ3v) is 4.55. The van der Waals surface area contributed by atoms with E-state index in [1.807, 2.05) is 36.7 Å². The second kappa shape index (κ2) is 10.7. The zero-order valence-corrected chi connectivity index (χ0v) is 18.7. The van der Waals surface area contributed by atoms with E-state index in [-0.39, 0.29) is 29.7 Å². The van der Waals surface area contributed by atoms with E-state index >= 15 is 0 Å². The van der Waals surface area contributed by atoms with Crippen molar-refractivity contribution in [3.8, 4) is 11.5 Å². The third-order valence-electron chi connectivity index (χ3n) is 3.71. The lowest BCUT2D eigenvalue weighted by Crippen LogP contribution is -2.37. The van der Waals surface area contributed by atoms with Gasteiger partial charge in [-0.3, -0.25) is 0 Å². The molecule has 0 aliphatic rings. The summed E-state index contributed by atoms with van der Waals surface area (Å²) >= 11 is 12.1. The molecule has 1 aromatic heterocycles. The molecule has 0 aliphatic carbocycles. The number of hydrogen-bond acceptors (Lipinski definition) is 3. The summed E-state index contributed by atoms with van der Waals surface area (Å²) in [6, 6.07) is 7.14. The minimum absolute atomic E-state index is 0. The van der Waals surface area contributed by atoms with Crippen LogP contribution in [0.3, 0.4) is 0 Å². The zero-order valence-electron chi connectivity index (χ0n) is 14.8. The summed E-state index contributed by atoms with van der Waals surface area (Å²) in [5.41, 5.74) is 1.62. The maximum Gasteiger partial charge on any atom is 0.191 e. The number of nitrogens with zero attached hydrogens (tertiary/aromatic N) is 2. The van der Waals surface area contributed by atoms with E-state index in [1.54, 1.807) is 6.07 Å². The summed E-state index contributed by atoms with van der Waals surface area (Å²) in [6.07, 6.45) is 0. The molecule has 0 fully saturated rings. The molecular weight excluding hydrogens is 490 g/mol. The highest BCUT2D eigenvalue weighted by Gasteiger charge is 2.10. The summed E-state index contributed by atoms with van der Waals surface area (Å²) in [5, 5.41) is 17.5. The van der Waals surface area contributed by atoms with Gasteiger partial charge in [0.25, 0.3) is 0 Å². The van der Waals surface area contributed by atoms with Crippen molar-refractivity contribution in [1.82, 2.24) is 15.2 Å². The predicted molar refractivity (Wildman–Crippen MR) is 117 cm³/mol. The quantitative estimate of drug-likeness (QED) is 0.311. The Balaban J connectivity index is 0.00000338. The van der Waals surface area contributed by atoms with Crippen molar-refractivity contribution in [2.24, 2.45) is 12.0 Å². The predicted octanol–water partition coefficient (Wildman–Crippen LogP) is 3.92. The van der Waals surface area contributed by atoms with E-state index in [0.717, 1.165) is 5.69 Å². The van der Waals surface area contributed by atoms with Gasteiger partial charge in [0.15, 0.2) is 17.5 Å². The topological polar surface area (TPSA) is 70.8 Å². The number of aliphatic imine (C=N–C) groups is 1. The molecule has 0 aliphatic heterocycles. The monoisotopic (exact) mass is 512 g/mol. The van der Waals surface area contributed by atoms with Gasteiger partial charge in [-0.2, -0.15) is 0 Å². The first kappa shape index (κ1) is 22.7. The first-order chi connectivity index (χ1) is 12.0. The van der Waals surface area contributed by atoms with Crippen LogP contribution in [0, 0.1) is 0 Å². The Morgan fingerprint density at radius 2 is 2.04 bits per heavy atom. The fourth-order valence-electron chi connectivity index (χ4n) is 2.30. The van der Waals surface area contributed by atoms with Gasteiger partial charge in [0.1, 0.15) is 5.15 Å². The van der Waals surface area contributed by atoms with Gasteiger partial charge in [-0.05, 0) is 19.1 Å². The van der Waals surface area contributed by atoms with Crippen LogP contribution in [0.5, 0.6) is 11.5 Å². The average Bonchev–Trinajstić information content (AvgIpc) is 2.85. The van der Waals surface area contributed by atoms with Gasteiger partial charge in [-0.15, -0.1) is 24.0 Å². The Morgan fingerprint density at radius 3 is 2.62 bits per heavy atom. The number of phenols is 1. The number of guanidine groups is 1. The van der Waals surface area contributed by atoms with E-state index in [4.69, 9.17) is 27.9 Å². The molecule has 6 nitrogen and oxygen atoms in total. The largest absolute Gasteiger partial charge is 0.504 e. The standard InChI is InChI=1S/C17H22Cl2N4O2.HI/c1-4-20-17(22-10-12-8-13(18)16(19)23(12)2)21-9-11-6-5-7-14(25-3)15(11)24;/h5-8,24H,4,9-10H2,1-3H3,(H2,20,21,22);1H. The minimum Gasteiger partial charge on any atom is -0.504 e. The SMILES string of the molecule is CCNC(=NCc1cccc(OC)c1O)NCc1cc(Cl)c(Cl)n1C.I. The zero-order chi connectivity index (χ0) is 18.4. The molecule has 0 spiro atoms. The van der Waals surface area contributed by atoms with Crippen LogP contribution >= 0.6 is 47.2 Å². The van der Waals surface area contributed by atoms with Gasteiger partial charge >= 0.3 is 0 Å². The second-order valence-corrected chi connectivity index (χ2v) is 6.12. The van der Waals surface area contributed by atoms with Crippen LogP contribution in [0.1, 0.15) is 18.2 Å². The van der Waals surface area contributed by atoms with Gasteiger partial charge in [0.2, 0.25) is 0 Å². The maximum atomic E-state index is 10.1. The number of methoxy groups -OCH3 is 1. The van der Waals surface area contributed by atoms with E-state index in [9.17, 15) is 5.11 Å². The molecule has 0 radical (unpaired) electrons. The Labute approximate surface area is 180 Å². The smallest absolute Gasteiger partial charge is 0.191 e. The summed E-state index contributed by atoms with van der Waals surface area (Å²) in [4.78, 5) is 4.50. The molecule has 0 atom stereocenters. The second-order valence-electron chi connectivity index (χ2n) is 5.35. The molecule has 2 rings (SSSR count). The van der Waals surface area contributed by atoms with E-state index < -0.39 is 0 Å². The van der Waals surface area contributed by atoms with Crippen molar-refractivity contribution in [2.75, 3.05) is 13.7 Å². The van der Waals surface area contributed by atoms with Crippen molar-refractivity contribution in [3.05, 3.63) is 45.7 Å². The van der Waals surface area contributed by atoms with Crippen LogP contribution < -0.4 is 15.4 Å². The molecule has 144 valence electrons. The Hall–Kier alpha value is -1.32. The molecule has 0 unspecified atom stereocenters. The van der Waals surface area contributed by atoms with Gasteiger partial charge < -0.3 is 25.0 Å². The number of nitrogens with one attached hydrogen (secondary N) is 2. The van der Waals surface area contributed by atoms with Crippen molar-refractivity contribution in [3.63, 3.8) is 0 Å². The molecule has 0 saturated carbocycles. The normalized spacial score (nSPS) is 11.0. The first-order valence-electron chi connectivity index (χ1n) is 7.84.